The molecular formula is C24H30N2O4. The minimum absolute atomic E-state index is 0.920. The Bertz CT molecular complexity index is 890. The molecule has 3 aliphatic rings. The van der Waals surface area contributed by atoms with Gasteiger partial charge in [0.1, 0.15) is 0 Å². The monoisotopic (exact) mass is 410 g/mol. The fourth-order valence-corrected chi connectivity index (χ4v) is 5.58. The third-order valence-electron chi connectivity index (χ3n) is 7.03. The van der Waals surface area contributed by atoms with Gasteiger partial charge < -0.3 is 10.2 Å². The van der Waals surface area contributed by atoms with Crippen LogP contribution < -0.4 is 0 Å². The first-order chi connectivity index (χ1) is 14.5. The van der Waals surface area contributed by atoms with Gasteiger partial charge >= 0.3 is 11.9 Å². The number of hydrogen-bond donors (Lipinski definition) is 2. The number of carboxylic acid groups (broad SMARTS) is 2. The SMILES string of the molecule is O=C(O)C(=O)O.c1ccc2c(CN3CCN(C4CC5CCC4C5)CC3)cccc2c1. The highest BCUT2D eigenvalue weighted by molar-refractivity contribution is 6.27. The minimum Gasteiger partial charge on any atom is -0.473 e. The minimum atomic E-state index is -1.82. The zero-order chi connectivity index (χ0) is 21.1. The lowest BCUT2D eigenvalue weighted by molar-refractivity contribution is -0.159. The second-order valence-corrected chi connectivity index (χ2v) is 8.80. The maximum absolute atomic E-state index is 9.10. The standard InChI is InChI=1S/C22H28N2.C2H2O4/c1-2-7-21-18(4-1)5-3-6-20(21)16-23-10-12-24(13-11-23)22-15-17-8-9-19(22)14-17;3-1(4)2(5)6/h1-7,17,19,22H,8-16H2;(H,3,4)(H,5,6). The quantitative estimate of drug-likeness (QED) is 0.756. The molecule has 2 aliphatic carbocycles. The molecule has 2 N–H and O–H groups in total. The highest BCUT2D eigenvalue weighted by Crippen LogP contribution is 2.46. The zero-order valence-electron chi connectivity index (χ0n) is 17.2. The normalized spacial score (nSPS) is 26.3. The lowest BCUT2D eigenvalue weighted by Gasteiger charge is -2.41. The highest BCUT2D eigenvalue weighted by Gasteiger charge is 2.42. The van der Waals surface area contributed by atoms with Crippen molar-refractivity contribution in [2.75, 3.05) is 26.2 Å². The Morgan fingerprint density at radius 1 is 0.867 bits per heavy atom. The smallest absolute Gasteiger partial charge is 0.414 e. The predicted octanol–water partition coefficient (Wildman–Crippen LogP) is 3.30. The van der Waals surface area contributed by atoms with Gasteiger partial charge in [0, 0.05) is 38.8 Å². The lowest BCUT2D eigenvalue weighted by atomic mass is 9.93. The fraction of sp³-hybridized carbons (Fsp3) is 0.500. The molecule has 6 heteroatoms. The third-order valence-corrected chi connectivity index (χ3v) is 7.03. The van der Waals surface area contributed by atoms with Crippen molar-refractivity contribution in [3.05, 3.63) is 48.0 Å². The molecule has 1 saturated heterocycles. The van der Waals surface area contributed by atoms with Crippen LogP contribution >= 0.6 is 0 Å². The molecule has 1 aliphatic heterocycles. The van der Waals surface area contributed by atoms with Gasteiger partial charge in [-0.3, -0.25) is 9.80 Å². The summed E-state index contributed by atoms with van der Waals surface area (Å²) < 4.78 is 0. The predicted molar refractivity (Wildman–Crippen MR) is 115 cm³/mol. The van der Waals surface area contributed by atoms with Gasteiger partial charge in [0.15, 0.2) is 0 Å². The van der Waals surface area contributed by atoms with E-state index in [9.17, 15) is 0 Å². The summed E-state index contributed by atoms with van der Waals surface area (Å²) in [5.74, 6) is -1.56. The molecule has 5 rings (SSSR count). The van der Waals surface area contributed by atoms with Gasteiger partial charge in [-0.05, 0) is 47.4 Å². The van der Waals surface area contributed by atoms with Gasteiger partial charge in [-0.2, -0.15) is 0 Å². The van der Waals surface area contributed by atoms with Gasteiger partial charge in [-0.25, -0.2) is 9.59 Å². The van der Waals surface area contributed by atoms with E-state index in [1.807, 2.05) is 0 Å². The number of benzene rings is 2. The number of nitrogens with zero attached hydrogens (tertiary/aromatic N) is 2. The maximum atomic E-state index is 9.10. The van der Waals surface area contributed by atoms with Crippen LogP contribution in [0.3, 0.4) is 0 Å². The van der Waals surface area contributed by atoms with Crippen molar-refractivity contribution in [2.45, 2.75) is 38.3 Å². The Balaban J connectivity index is 0.000000322. The topological polar surface area (TPSA) is 81.1 Å². The third kappa shape index (κ3) is 4.65. The van der Waals surface area contributed by atoms with Crippen molar-refractivity contribution in [3.63, 3.8) is 0 Å². The summed E-state index contributed by atoms with van der Waals surface area (Å²) in [5, 5.41) is 17.6. The second kappa shape index (κ2) is 9.14. The van der Waals surface area contributed by atoms with E-state index >= 15 is 0 Å². The van der Waals surface area contributed by atoms with Crippen molar-refractivity contribution in [1.82, 2.24) is 9.80 Å². The summed E-state index contributed by atoms with van der Waals surface area (Å²) >= 11 is 0. The molecule has 3 unspecified atom stereocenters. The van der Waals surface area contributed by atoms with Crippen LogP contribution in [0, 0.1) is 11.8 Å². The summed E-state index contributed by atoms with van der Waals surface area (Å²) in [6, 6.07) is 16.5. The molecule has 2 bridgehead atoms. The van der Waals surface area contributed by atoms with Crippen LogP contribution in [0.2, 0.25) is 0 Å². The Morgan fingerprint density at radius 2 is 1.57 bits per heavy atom. The van der Waals surface area contributed by atoms with Crippen LogP contribution in [0.4, 0.5) is 0 Å². The van der Waals surface area contributed by atoms with Crippen LogP contribution in [-0.4, -0.2) is 64.2 Å². The summed E-state index contributed by atoms with van der Waals surface area (Å²) in [6.45, 7) is 6.12. The second-order valence-electron chi connectivity index (χ2n) is 8.80. The van der Waals surface area contributed by atoms with Crippen molar-refractivity contribution >= 4 is 22.7 Å². The summed E-state index contributed by atoms with van der Waals surface area (Å²) in [6.07, 6.45) is 6.04. The van der Waals surface area contributed by atoms with Crippen molar-refractivity contribution < 1.29 is 19.8 Å². The average molecular weight is 411 g/mol. The molecule has 2 aromatic rings. The maximum Gasteiger partial charge on any atom is 0.414 e. The van der Waals surface area contributed by atoms with E-state index in [1.54, 1.807) is 0 Å². The molecule has 30 heavy (non-hydrogen) atoms. The van der Waals surface area contributed by atoms with Crippen LogP contribution in [0.15, 0.2) is 42.5 Å². The van der Waals surface area contributed by atoms with Gasteiger partial charge in [0.2, 0.25) is 0 Å². The molecule has 2 aromatic carbocycles. The molecule has 0 spiro atoms. The first-order valence-corrected chi connectivity index (χ1v) is 10.9. The Kier molecular flexibility index (Phi) is 6.35. The van der Waals surface area contributed by atoms with Gasteiger partial charge in [0.25, 0.3) is 0 Å². The number of carbonyl (C=O) groups is 2. The van der Waals surface area contributed by atoms with E-state index in [1.165, 1.54) is 68.2 Å². The van der Waals surface area contributed by atoms with E-state index in [0.717, 1.165) is 24.4 Å². The Labute approximate surface area is 177 Å². The first-order valence-electron chi connectivity index (χ1n) is 10.9. The van der Waals surface area contributed by atoms with E-state index in [2.05, 4.69) is 52.3 Å². The lowest BCUT2D eigenvalue weighted by Crippen LogP contribution is -2.51. The van der Waals surface area contributed by atoms with E-state index in [0.29, 0.717) is 0 Å². The number of rotatable bonds is 3. The number of piperazine rings is 1. The van der Waals surface area contributed by atoms with Crippen molar-refractivity contribution in [2.24, 2.45) is 11.8 Å². The van der Waals surface area contributed by atoms with Crippen LogP contribution in [0.25, 0.3) is 10.8 Å². The first kappa shape index (κ1) is 20.8. The highest BCUT2D eigenvalue weighted by atomic mass is 16.4. The molecule has 0 aromatic heterocycles. The molecule has 1 heterocycles. The average Bonchev–Trinajstić information content (AvgIpc) is 3.39. The number of carboxylic acids is 2. The molecule has 3 atom stereocenters. The van der Waals surface area contributed by atoms with Gasteiger partial charge in [-0.15, -0.1) is 0 Å². The number of hydrogen-bond acceptors (Lipinski definition) is 4. The molecule has 160 valence electrons. The van der Waals surface area contributed by atoms with Crippen molar-refractivity contribution in [3.8, 4) is 0 Å². The Hall–Kier alpha value is -2.44. The van der Waals surface area contributed by atoms with Gasteiger partial charge in [-0.1, -0.05) is 48.9 Å². The van der Waals surface area contributed by atoms with Crippen molar-refractivity contribution in [1.29, 1.82) is 0 Å². The molecular weight excluding hydrogens is 380 g/mol. The number of aliphatic carboxylic acids is 2. The van der Waals surface area contributed by atoms with E-state index in [4.69, 9.17) is 19.8 Å². The van der Waals surface area contributed by atoms with E-state index in [-0.39, 0.29) is 0 Å². The molecule has 2 saturated carbocycles. The molecule has 6 nitrogen and oxygen atoms in total. The fourth-order valence-electron chi connectivity index (χ4n) is 5.58. The molecule has 0 amide bonds. The number of fused-ring (bicyclic) bond motifs is 3. The van der Waals surface area contributed by atoms with Crippen LogP contribution in [0.1, 0.15) is 31.2 Å². The van der Waals surface area contributed by atoms with E-state index < -0.39 is 11.9 Å². The summed E-state index contributed by atoms with van der Waals surface area (Å²) in [4.78, 5) is 23.7. The van der Waals surface area contributed by atoms with Crippen LogP contribution in [-0.2, 0) is 16.1 Å². The molecule has 0 radical (unpaired) electrons. The molecule has 3 fully saturated rings. The van der Waals surface area contributed by atoms with Crippen LogP contribution in [0.5, 0.6) is 0 Å². The zero-order valence-corrected chi connectivity index (χ0v) is 17.2. The summed E-state index contributed by atoms with van der Waals surface area (Å²) in [5.41, 5.74) is 1.49. The largest absolute Gasteiger partial charge is 0.473 e. The Morgan fingerprint density at radius 3 is 2.20 bits per heavy atom. The summed E-state index contributed by atoms with van der Waals surface area (Å²) in [7, 11) is 0. The van der Waals surface area contributed by atoms with Gasteiger partial charge in [0.05, 0.1) is 0 Å².